The summed E-state index contributed by atoms with van der Waals surface area (Å²) in [5.41, 5.74) is 0.346. The number of carbonyl (C=O) groups is 1. The Bertz CT molecular complexity index is 678. The van der Waals surface area contributed by atoms with Crippen molar-refractivity contribution < 1.29 is 13.2 Å². The van der Waals surface area contributed by atoms with Crippen LogP contribution in [0, 0.1) is 0 Å². The molecule has 0 radical (unpaired) electrons. The summed E-state index contributed by atoms with van der Waals surface area (Å²) in [4.78, 5) is 12.4. The molecular formula is C17H25N3O3S. The summed E-state index contributed by atoms with van der Waals surface area (Å²) in [5, 5.41) is 5.65. The Hall–Kier alpha value is -1.60. The molecule has 132 valence electrons. The molecule has 0 unspecified atom stereocenters. The zero-order valence-corrected chi connectivity index (χ0v) is 14.6. The molecule has 24 heavy (non-hydrogen) atoms. The van der Waals surface area contributed by atoms with E-state index in [-0.39, 0.29) is 17.0 Å². The Morgan fingerprint density at radius 1 is 1.00 bits per heavy atom. The molecule has 7 heteroatoms. The second kappa shape index (κ2) is 7.53. The van der Waals surface area contributed by atoms with Gasteiger partial charge in [-0.25, -0.2) is 13.2 Å². The van der Waals surface area contributed by atoms with Crippen LogP contribution in [0.4, 0.5) is 10.5 Å². The first-order valence-electron chi connectivity index (χ1n) is 8.74. The lowest BCUT2D eigenvalue weighted by molar-refractivity contribution is 0.248. The quantitative estimate of drug-likeness (QED) is 0.875. The molecule has 2 aliphatic rings. The molecule has 1 aliphatic heterocycles. The third-order valence-electron chi connectivity index (χ3n) is 4.76. The Kier molecular flexibility index (Phi) is 5.40. The third-order valence-corrected chi connectivity index (χ3v) is 6.72. The van der Waals surface area contributed by atoms with Crippen molar-refractivity contribution in [2.75, 3.05) is 18.4 Å². The first kappa shape index (κ1) is 17.2. The number of nitrogens with zero attached hydrogens (tertiary/aromatic N) is 1. The Labute approximate surface area is 143 Å². The number of carbonyl (C=O) groups excluding carboxylic acids is 1. The molecule has 2 fully saturated rings. The molecule has 1 heterocycles. The van der Waals surface area contributed by atoms with E-state index in [9.17, 15) is 13.2 Å². The van der Waals surface area contributed by atoms with Gasteiger partial charge in [0, 0.05) is 19.1 Å². The molecule has 1 aromatic rings. The van der Waals surface area contributed by atoms with Crippen molar-refractivity contribution in [3.8, 4) is 0 Å². The van der Waals surface area contributed by atoms with Crippen LogP contribution in [0.5, 0.6) is 0 Å². The fourth-order valence-electron chi connectivity index (χ4n) is 3.45. The predicted octanol–water partition coefficient (Wildman–Crippen LogP) is 2.93. The topological polar surface area (TPSA) is 78.5 Å². The standard InChI is InChI=1S/C17H25N3O3S/c21-17(18-14-8-2-3-9-14)19-15-10-4-5-11-16(15)24(22,23)20-12-6-1-7-13-20/h4-5,10-11,14H,1-3,6-9,12-13H2,(H2,18,19,21). The molecule has 1 saturated carbocycles. The maximum Gasteiger partial charge on any atom is 0.319 e. The molecule has 0 spiro atoms. The Morgan fingerprint density at radius 3 is 2.38 bits per heavy atom. The molecule has 1 saturated heterocycles. The second-order valence-electron chi connectivity index (χ2n) is 6.54. The second-order valence-corrected chi connectivity index (χ2v) is 8.45. The summed E-state index contributed by atoms with van der Waals surface area (Å²) in [6.07, 6.45) is 7.07. The van der Waals surface area contributed by atoms with Gasteiger partial charge in [0.1, 0.15) is 4.90 Å². The maximum atomic E-state index is 12.9. The van der Waals surface area contributed by atoms with E-state index in [0.717, 1.165) is 44.9 Å². The van der Waals surface area contributed by atoms with Crippen molar-refractivity contribution in [1.82, 2.24) is 9.62 Å². The first-order valence-corrected chi connectivity index (χ1v) is 10.2. The van der Waals surface area contributed by atoms with Crippen molar-refractivity contribution in [2.24, 2.45) is 0 Å². The monoisotopic (exact) mass is 351 g/mol. The number of rotatable bonds is 4. The summed E-state index contributed by atoms with van der Waals surface area (Å²) in [6.45, 7) is 1.09. The average Bonchev–Trinajstić information content (AvgIpc) is 3.09. The fourth-order valence-corrected chi connectivity index (χ4v) is 5.12. The smallest absolute Gasteiger partial charge is 0.319 e. The number of benzene rings is 1. The number of amides is 2. The van der Waals surface area contributed by atoms with Crippen molar-refractivity contribution in [3.05, 3.63) is 24.3 Å². The van der Waals surface area contributed by atoms with E-state index >= 15 is 0 Å². The van der Waals surface area contributed by atoms with Gasteiger partial charge in [-0.3, -0.25) is 0 Å². The number of nitrogens with one attached hydrogen (secondary N) is 2. The molecule has 0 aromatic heterocycles. The zero-order chi connectivity index (χ0) is 17.0. The molecule has 1 aromatic carbocycles. The van der Waals surface area contributed by atoms with Gasteiger partial charge in [-0.2, -0.15) is 4.31 Å². The van der Waals surface area contributed by atoms with E-state index in [4.69, 9.17) is 0 Å². The minimum absolute atomic E-state index is 0.175. The van der Waals surface area contributed by atoms with Gasteiger partial charge < -0.3 is 10.6 Å². The summed E-state index contributed by atoms with van der Waals surface area (Å²) in [6, 6.07) is 6.50. The van der Waals surface area contributed by atoms with Crippen LogP contribution in [0.25, 0.3) is 0 Å². The lowest BCUT2D eigenvalue weighted by Gasteiger charge is -2.26. The van der Waals surface area contributed by atoms with Crippen LogP contribution in [0.2, 0.25) is 0 Å². The molecule has 2 N–H and O–H groups in total. The minimum atomic E-state index is -3.57. The number of hydrogen-bond acceptors (Lipinski definition) is 3. The van der Waals surface area contributed by atoms with Gasteiger partial charge in [0.15, 0.2) is 0 Å². The van der Waals surface area contributed by atoms with Gasteiger partial charge in [0.05, 0.1) is 5.69 Å². The maximum absolute atomic E-state index is 12.9. The minimum Gasteiger partial charge on any atom is -0.335 e. The van der Waals surface area contributed by atoms with E-state index in [1.165, 1.54) is 4.31 Å². The van der Waals surface area contributed by atoms with Crippen LogP contribution in [-0.2, 0) is 10.0 Å². The fraction of sp³-hybridized carbons (Fsp3) is 0.588. The first-order chi connectivity index (χ1) is 11.6. The Morgan fingerprint density at radius 2 is 1.67 bits per heavy atom. The van der Waals surface area contributed by atoms with Crippen molar-refractivity contribution in [2.45, 2.75) is 55.9 Å². The summed E-state index contributed by atoms with van der Waals surface area (Å²) in [5.74, 6) is 0. The van der Waals surface area contributed by atoms with E-state index in [1.54, 1.807) is 24.3 Å². The molecule has 1 aliphatic carbocycles. The average molecular weight is 351 g/mol. The summed E-state index contributed by atoms with van der Waals surface area (Å²) < 4.78 is 27.3. The van der Waals surface area contributed by atoms with E-state index in [0.29, 0.717) is 18.8 Å². The van der Waals surface area contributed by atoms with E-state index in [1.807, 2.05) is 0 Å². The third kappa shape index (κ3) is 3.89. The highest BCUT2D eigenvalue weighted by molar-refractivity contribution is 7.89. The highest BCUT2D eigenvalue weighted by atomic mass is 32.2. The molecular weight excluding hydrogens is 326 g/mol. The van der Waals surface area contributed by atoms with Gasteiger partial charge in [-0.1, -0.05) is 31.4 Å². The SMILES string of the molecule is O=C(Nc1ccccc1S(=O)(=O)N1CCCCC1)NC1CCCC1. The largest absolute Gasteiger partial charge is 0.335 e. The number of sulfonamides is 1. The van der Waals surface area contributed by atoms with Gasteiger partial charge in [-0.05, 0) is 37.8 Å². The highest BCUT2D eigenvalue weighted by Gasteiger charge is 2.28. The molecule has 3 rings (SSSR count). The van der Waals surface area contributed by atoms with Gasteiger partial charge >= 0.3 is 6.03 Å². The van der Waals surface area contributed by atoms with Gasteiger partial charge in [0.2, 0.25) is 10.0 Å². The number of piperidine rings is 1. The molecule has 6 nitrogen and oxygen atoms in total. The van der Waals surface area contributed by atoms with Crippen LogP contribution in [-0.4, -0.2) is 37.9 Å². The predicted molar refractivity (Wildman–Crippen MR) is 93.5 cm³/mol. The number of urea groups is 1. The van der Waals surface area contributed by atoms with Crippen LogP contribution in [0.15, 0.2) is 29.2 Å². The van der Waals surface area contributed by atoms with Crippen LogP contribution < -0.4 is 10.6 Å². The van der Waals surface area contributed by atoms with Crippen LogP contribution in [0.3, 0.4) is 0 Å². The van der Waals surface area contributed by atoms with Crippen molar-refractivity contribution in [1.29, 1.82) is 0 Å². The lowest BCUT2D eigenvalue weighted by Crippen LogP contribution is -2.38. The van der Waals surface area contributed by atoms with E-state index < -0.39 is 10.0 Å². The summed E-state index contributed by atoms with van der Waals surface area (Å²) in [7, 11) is -3.57. The normalized spacial score (nSPS) is 20.0. The van der Waals surface area contributed by atoms with Crippen LogP contribution in [0.1, 0.15) is 44.9 Å². The lowest BCUT2D eigenvalue weighted by atomic mass is 10.2. The Balaban J connectivity index is 1.75. The highest BCUT2D eigenvalue weighted by Crippen LogP contribution is 2.27. The molecule has 2 amide bonds. The van der Waals surface area contributed by atoms with E-state index in [2.05, 4.69) is 10.6 Å². The van der Waals surface area contributed by atoms with Crippen molar-refractivity contribution in [3.63, 3.8) is 0 Å². The number of hydrogen-bond donors (Lipinski definition) is 2. The van der Waals surface area contributed by atoms with Crippen LogP contribution >= 0.6 is 0 Å². The molecule has 0 atom stereocenters. The summed E-state index contributed by atoms with van der Waals surface area (Å²) >= 11 is 0. The molecule has 0 bridgehead atoms. The van der Waals surface area contributed by atoms with Gasteiger partial charge in [-0.15, -0.1) is 0 Å². The van der Waals surface area contributed by atoms with Crippen molar-refractivity contribution >= 4 is 21.7 Å². The zero-order valence-electron chi connectivity index (χ0n) is 13.8. The number of anilines is 1. The number of para-hydroxylation sites is 1. The van der Waals surface area contributed by atoms with Gasteiger partial charge in [0.25, 0.3) is 0 Å².